The molecule has 0 aliphatic carbocycles. The summed E-state index contributed by atoms with van der Waals surface area (Å²) in [6.45, 7) is 3.30. The van der Waals surface area contributed by atoms with Gasteiger partial charge in [0.1, 0.15) is 6.20 Å². The summed E-state index contributed by atoms with van der Waals surface area (Å²) in [6.07, 6.45) is 12.0. The molecule has 1 aromatic carbocycles. The zero-order valence-corrected chi connectivity index (χ0v) is 12.1. The number of allylic oxidation sites excluding steroid dienone is 3. The number of nitrogens with zero attached hydrogens (tertiary/aromatic N) is 1. The minimum atomic E-state index is 1.10. The summed E-state index contributed by atoms with van der Waals surface area (Å²) in [7, 11) is 4.26. The lowest BCUT2D eigenvalue weighted by Crippen LogP contribution is -2.98. The Bertz CT molecular complexity index is 494. The molecule has 0 aromatic heterocycles. The van der Waals surface area contributed by atoms with Crippen LogP contribution in [0.3, 0.4) is 0 Å². The van der Waals surface area contributed by atoms with Gasteiger partial charge in [-0.25, -0.2) is 0 Å². The van der Waals surface area contributed by atoms with Gasteiger partial charge in [0.05, 0.1) is 13.2 Å². The summed E-state index contributed by atoms with van der Waals surface area (Å²) in [5.74, 6) is 0. The number of benzene rings is 1. The molecule has 19 heavy (non-hydrogen) atoms. The van der Waals surface area contributed by atoms with Crippen molar-refractivity contribution in [2.45, 2.75) is 13.3 Å². The van der Waals surface area contributed by atoms with Crippen LogP contribution >= 0.6 is 0 Å². The SMILES string of the molecule is CCCN(C)c1ccc(/C=C/C2=C[NH+](C)C=C2)cc1. The highest BCUT2D eigenvalue weighted by Crippen LogP contribution is 2.15. The molecule has 1 atom stereocenters. The molecule has 2 nitrogen and oxygen atoms in total. The molecule has 0 fully saturated rings. The fourth-order valence-corrected chi connectivity index (χ4v) is 2.19. The van der Waals surface area contributed by atoms with Gasteiger partial charge in [-0.1, -0.05) is 25.1 Å². The summed E-state index contributed by atoms with van der Waals surface area (Å²) in [5.41, 5.74) is 3.79. The van der Waals surface area contributed by atoms with E-state index in [2.05, 4.69) is 80.8 Å². The van der Waals surface area contributed by atoms with Gasteiger partial charge in [0.15, 0.2) is 0 Å². The largest absolute Gasteiger partial charge is 0.375 e. The van der Waals surface area contributed by atoms with Crippen LogP contribution in [0.2, 0.25) is 0 Å². The third kappa shape index (κ3) is 3.83. The Balaban J connectivity index is 2.01. The lowest BCUT2D eigenvalue weighted by molar-refractivity contribution is -0.763. The van der Waals surface area contributed by atoms with E-state index in [0.29, 0.717) is 0 Å². The van der Waals surface area contributed by atoms with E-state index in [1.807, 2.05) is 0 Å². The predicted molar refractivity (Wildman–Crippen MR) is 83.1 cm³/mol. The van der Waals surface area contributed by atoms with E-state index in [-0.39, 0.29) is 0 Å². The van der Waals surface area contributed by atoms with Crippen molar-refractivity contribution in [3.63, 3.8) is 0 Å². The molecule has 0 amide bonds. The van der Waals surface area contributed by atoms with E-state index < -0.39 is 0 Å². The second kappa shape index (κ2) is 6.39. The van der Waals surface area contributed by atoms with Crippen LogP contribution < -0.4 is 9.80 Å². The molecule has 0 spiro atoms. The molecule has 1 aliphatic heterocycles. The molecular formula is C17H23N2+. The normalized spacial score (nSPS) is 18.1. The third-order valence-corrected chi connectivity index (χ3v) is 3.29. The minimum absolute atomic E-state index is 1.10. The summed E-state index contributed by atoms with van der Waals surface area (Å²) < 4.78 is 0. The van der Waals surface area contributed by atoms with Gasteiger partial charge < -0.3 is 4.90 Å². The van der Waals surface area contributed by atoms with E-state index in [1.54, 1.807) is 0 Å². The molecule has 1 aromatic rings. The second-order valence-corrected chi connectivity index (χ2v) is 5.07. The van der Waals surface area contributed by atoms with E-state index in [1.165, 1.54) is 28.1 Å². The molecule has 0 saturated heterocycles. The van der Waals surface area contributed by atoms with E-state index in [0.717, 1.165) is 6.54 Å². The van der Waals surface area contributed by atoms with E-state index in [9.17, 15) is 0 Å². The molecule has 1 N–H and O–H groups in total. The van der Waals surface area contributed by atoms with Gasteiger partial charge >= 0.3 is 0 Å². The van der Waals surface area contributed by atoms with Crippen molar-refractivity contribution in [3.8, 4) is 0 Å². The van der Waals surface area contributed by atoms with Crippen LogP contribution in [-0.4, -0.2) is 20.6 Å². The van der Waals surface area contributed by atoms with Gasteiger partial charge in [-0.3, -0.25) is 4.90 Å². The molecule has 2 rings (SSSR count). The average Bonchev–Trinajstić information content (AvgIpc) is 2.83. The molecule has 1 unspecified atom stereocenters. The lowest BCUT2D eigenvalue weighted by atomic mass is 10.1. The summed E-state index contributed by atoms with van der Waals surface area (Å²) in [4.78, 5) is 3.60. The Morgan fingerprint density at radius 1 is 1.16 bits per heavy atom. The monoisotopic (exact) mass is 255 g/mol. The van der Waals surface area contributed by atoms with Crippen LogP contribution in [0, 0.1) is 0 Å². The van der Waals surface area contributed by atoms with Crippen LogP contribution in [0.25, 0.3) is 6.08 Å². The number of nitrogens with one attached hydrogen (secondary N) is 1. The van der Waals surface area contributed by atoms with Crippen molar-refractivity contribution in [1.29, 1.82) is 0 Å². The van der Waals surface area contributed by atoms with Crippen LogP contribution in [0.4, 0.5) is 5.69 Å². The Morgan fingerprint density at radius 2 is 1.89 bits per heavy atom. The van der Waals surface area contributed by atoms with Gasteiger partial charge in [0.25, 0.3) is 0 Å². The van der Waals surface area contributed by atoms with Gasteiger partial charge in [-0.15, -0.1) is 0 Å². The van der Waals surface area contributed by atoms with E-state index >= 15 is 0 Å². The second-order valence-electron chi connectivity index (χ2n) is 5.07. The maximum Gasteiger partial charge on any atom is 0.106 e. The average molecular weight is 255 g/mol. The van der Waals surface area contributed by atoms with Crippen molar-refractivity contribution in [1.82, 2.24) is 0 Å². The molecule has 2 heteroatoms. The molecule has 0 saturated carbocycles. The third-order valence-electron chi connectivity index (χ3n) is 3.29. The maximum absolute atomic E-state index is 2.29. The van der Waals surface area contributed by atoms with Crippen molar-refractivity contribution < 1.29 is 4.90 Å². The van der Waals surface area contributed by atoms with Gasteiger partial charge in [-0.05, 0) is 30.2 Å². The standard InChI is InChI=1S/C17H22N2/c1-4-12-19(3)17-9-7-15(8-10-17)5-6-16-11-13-18(2)14-16/h5-11,13-14H,4,12H2,1-3H3/p+1/b6-5+. The van der Waals surface area contributed by atoms with Crippen molar-refractivity contribution >= 4 is 11.8 Å². The van der Waals surface area contributed by atoms with Gasteiger partial charge in [0.2, 0.25) is 0 Å². The molecular weight excluding hydrogens is 232 g/mol. The van der Waals surface area contributed by atoms with Crippen LogP contribution in [0.1, 0.15) is 18.9 Å². The number of hydrogen-bond acceptors (Lipinski definition) is 1. The molecule has 100 valence electrons. The topological polar surface area (TPSA) is 7.68 Å². The first kappa shape index (κ1) is 13.6. The number of anilines is 1. The lowest BCUT2D eigenvalue weighted by Gasteiger charge is -2.18. The van der Waals surface area contributed by atoms with Gasteiger partial charge in [-0.2, -0.15) is 0 Å². The zero-order valence-electron chi connectivity index (χ0n) is 12.1. The Hall–Kier alpha value is -1.80. The van der Waals surface area contributed by atoms with Crippen molar-refractivity contribution in [2.75, 3.05) is 25.5 Å². The Kier molecular flexibility index (Phi) is 4.58. The Morgan fingerprint density at radius 3 is 2.47 bits per heavy atom. The minimum Gasteiger partial charge on any atom is -0.375 e. The smallest absolute Gasteiger partial charge is 0.106 e. The van der Waals surface area contributed by atoms with Crippen LogP contribution in [-0.2, 0) is 0 Å². The van der Waals surface area contributed by atoms with Gasteiger partial charge in [0, 0.05) is 30.9 Å². The first-order valence-corrected chi connectivity index (χ1v) is 6.91. The fraction of sp³-hybridized carbons (Fsp3) is 0.294. The highest BCUT2D eigenvalue weighted by molar-refractivity contribution is 5.58. The summed E-state index contributed by atoms with van der Waals surface area (Å²) in [5, 5.41) is 0. The van der Waals surface area contributed by atoms with E-state index in [4.69, 9.17) is 0 Å². The van der Waals surface area contributed by atoms with Crippen molar-refractivity contribution in [3.05, 3.63) is 60.0 Å². The quantitative estimate of drug-likeness (QED) is 0.849. The van der Waals surface area contributed by atoms with Crippen molar-refractivity contribution in [2.24, 2.45) is 0 Å². The summed E-state index contributed by atoms with van der Waals surface area (Å²) >= 11 is 0. The predicted octanol–water partition coefficient (Wildman–Crippen LogP) is 2.47. The maximum atomic E-state index is 2.29. The Labute approximate surface area is 116 Å². The fourth-order valence-electron chi connectivity index (χ4n) is 2.19. The summed E-state index contributed by atoms with van der Waals surface area (Å²) in [6, 6.07) is 8.72. The first-order chi connectivity index (χ1) is 9.19. The highest BCUT2D eigenvalue weighted by Gasteiger charge is 2.02. The molecule has 1 heterocycles. The molecule has 1 aliphatic rings. The molecule has 0 radical (unpaired) electrons. The molecule has 0 bridgehead atoms. The van der Waals surface area contributed by atoms with Crippen LogP contribution in [0.5, 0.6) is 0 Å². The number of quaternary nitrogens is 1. The van der Waals surface area contributed by atoms with Crippen LogP contribution in [0.15, 0.2) is 54.4 Å². The number of rotatable bonds is 5. The highest BCUT2D eigenvalue weighted by atomic mass is 15.1. The number of hydrogen-bond donors (Lipinski definition) is 1. The first-order valence-electron chi connectivity index (χ1n) is 6.91. The zero-order chi connectivity index (χ0) is 13.7.